The third-order valence-electron chi connectivity index (χ3n) is 6.61. The van der Waals surface area contributed by atoms with E-state index in [1.807, 2.05) is 30.3 Å². The highest BCUT2D eigenvalue weighted by Crippen LogP contribution is 2.22. The zero-order valence-electron chi connectivity index (χ0n) is 17.7. The number of fused-ring (bicyclic) bond motifs is 1. The number of amides is 1. The van der Waals surface area contributed by atoms with Crippen molar-refractivity contribution in [2.24, 2.45) is 0 Å². The second-order valence-electron chi connectivity index (χ2n) is 8.48. The summed E-state index contributed by atoms with van der Waals surface area (Å²) < 4.78 is 27.8. The highest BCUT2D eigenvalue weighted by Gasteiger charge is 2.33. The Bertz CT molecular complexity index is 1000. The number of piperazine rings is 1. The van der Waals surface area contributed by atoms with Gasteiger partial charge < -0.3 is 9.80 Å². The highest BCUT2D eigenvalue weighted by atomic mass is 32.2. The van der Waals surface area contributed by atoms with Crippen LogP contribution in [0.5, 0.6) is 0 Å². The lowest BCUT2D eigenvalue weighted by Crippen LogP contribution is -3.15. The minimum atomic E-state index is -3.51. The monoisotopic (exact) mass is 430 g/mol. The Hall–Kier alpha value is -1.96. The lowest BCUT2D eigenvalue weighted by molar-refractivity contribution is -0.896. The molecule has 1 N–H and O–H groups in total. The number of piperidine rings is 1. The van der Waals surface area contributed by atoms with Crippen LogP contribution in [0.15, 0.2) is 47.4 Å². The number of hydrogen-bond acceptors (Lipinski definition) is 3. The molecule has 4 rings (SSSR count). The van der Waals surface area contributed by atoms with Crippen LogP contribution in [0.25, 0.3) is 10.8 Å². The maximum atomic E-state index is 13.1. The van der Waals surface area contributed by atoms with Crippen LogP contribution in [-0.2, 0) is 14.8 Å². The summed E-state index contributed by atoms with van der Waals surface area (Å²) in [6, 6.07) is 13.5. The SMILES string of the molecule is CC[C@H]1CCCCN1C(=O)C[NH+]1CCN(S(=O)(=O)c2ccc3ccccc3c2)CC1. The number of quaternary nitrogens is 1. The van der Waals surface area contributed by atoms with Crippen molar-refractivity contribution in [3.8, 4) is 0 Å². The van der Waals surface area contributed by atoms with Gasteiger partial charge in [-0.05, 0) is 48.6 Å². The first-order valence-electron chi connectivity index (χ1n) is 11.1. The number of nitrogens with zero attached hydrogens (tertiary/aromatic N) is 2. The number of nitrogens with one attached hydrogen (secondary N) is 1. The average Bonchev–Trinajstić information content (AvgIpc) is 2.79. The molecule has 2 saturated heterocycles. The fourth-order valence-corrected chi connectivity index (χ4v) is 6.24. The summed E-state index contributed by atoms with van der Waals surface area (Å²) in [6.07, 6.45) is 4.42. The molecule has 6 nitrogen and oxygen atoms in total. The van der Waals surface area contributed by atoms with Gasteiger partial charge in [-0.1, -0.05) is 37.3 Å². The molecule has 162 valence electrons. The van der Waals surface area contributed by atoms with E-state index in [-0.39, 0.29) is 5.91 Å². The van der Waals surface area contributed by atoms with Crippen LogP contribution in [0.4, 0.5) is 0 Å². The van der Waals surface area contributed by atoms with Gasteiger partial charge in [-0.3, -0.25) is 4.79 Å². The molecule has 0 aliphatic carbocycles. The van der Waals surface area contributed by atoms with Crippen molar-refractivity contribution in [2.75, 3.05) is 39.3 Å². The van der Waals surface area contributed by atoms with Crippen LogP contribution in [0, 0.1) is 0 Å². The van der Waals surface area contributed by atoms with Crippen LogP contribution in [-0.4, -0.2) is 68.8 Å². The van der Waals surface area contributed by atoms with Gasteiger partial charge in [0, 0.05) is 12.6 Å². The number of rotatable bonds is 5. The molecule has 2 fully saturated rings. The van der Waals surface area contributed by atoms with Gasteiger partial charge in [0.25, 0.3) is 5.91 Å². The zero-order chi connectivity index (χ0) is 21.1. The van der Waals surface area contributed by atoms with E-state index in [1.54, 1.807) is 16.4 Å². The predicted octanol–water partition coefficient (Wildman–Crippen LogP) is 1.52. The van der Waals surface area contributed by atoms with Crippen molar-refractivity contribution >= 4 is 26.7 Å². The van der Waals surface area contributed by atoms with Crippen molar-refractivity contribution in [3.63, 3.8) is 0 Å². The molecule has 0 radical (unpaired) electrons. The van der Waals surface area contributed by atoms with Crippen molar-refractivity contribution in [2.45, 2.75) is 43.5 Å². The average molecular weight is 431 g/mol. The molecule has 7 heteroatoms. The molecular weight excluding hydrogens is 398 g/mol. The van der Waals surface area contributed by atoms with E-state index >= 15 is 0 Å². The van der Waals surface area contributed by atoms with E-state index in [0.717, 1.165) is 36.6 Å². The molecule has 0 bridgehead atoms. The number of sulfonamides is 1. The lowest BCUT2D eigenvalue weighted by atomic mass is 10.00. The summed E-state index contributed by atoms with van der Waals surface area (Å²) in [5.41, 5.74) is 0. The third-order valence-corrected chi connectivity index (χ3v) is 8.50. The maximum Gasteiger partial charge on any atom is 0.278 e. The topological polar surface area (TPSA) is 62.1 Å². The van der Waals surface area contributed by atoms with Gasteiger partial charge in [-0.2, -0.15) is 4.31 Å². The number of likely N-dealkylation sites (tertiary alicyclic amines) is 1. The van der Waals surface area contributed by atoms with E-state index in [1.165, 1.54) is 11.3 Å². The number of carbonyl (C=O) groups is 1. The maximum absolute atomic E-state index is 13.1. The van der Waals surface area contributed by atoms with Gasteiger partial charge >= 0.3 is 0 Å². The minimum Gasteiger partial charge on any atom is -0.335 e. The normalized spacial score (nSPS) is 21.8. The van der Waals surface area contributed by atoms with E-state index in [4.69, 9.17) is 0 Å². The third kappa shape index (κ3) is 4.38. The van der Waals surface area contributed by atoms with E-state index < -0.39 is 10.0 Å². The smallest absolute Gasteiger partial charge is 0.278 e. The first-order chi connectivity index (χ1) is 14.5. The second kappa shape index (κ2) is 9.04. The van der Waals surface area contributed by atoms with Crippen LogP contribution < -0.4 is 4.90 Å². The first-order valence-corrected chi connectivity index (χ1v) is 12.5. The van der Waals surface area contributed by atoms with Gasteiger partial charge in [0.05, 0.1) is 31.1 Å². The van der Waals surface area contributed by atoms with Gasteiger partial charge in [0.1, 0.15) is 0 Å². The molecule has 1 amide bonds. The molecule has 1 atom stereocenters. The molecule has 0 spiro atoms. The summed E-state index contributed by atoms with van der Waals surface area (Å²) in [5.74, 6) is 0.224. The summed E-state index contributed by atoms with van der Waals surface area (Å²) >= 11 is 0. The molecule has 2 heterocycles. The largest absolute Gasteiger partial charge is 0.335 e. The quantitative estimate of drug-likeness (QED) is 0.782. The van der Waals surface area contributed by atoms with Crippen molar-refractivity contribution < 1.29 is 18.1 Å². The molecule has 2 aromatic rings. The van der Waals surface area contributed by atoms with Crippen LogP contribution in [0.1, 0.15) is 32.6 Å². The fourth-order valence-electron chi connectivity index (χ4n) is 4.77. The van der Waals surface area contributed by atoms with Gasteiger partial charge in [0.2, 0.25) is 10.0 Å². The summed E-state index contributed by atoms with van der Waals surface area (Å²) in [4.78, 5) is 16.4. The van der Waals surface area contributed by atoms with Crippen LogP contribution >= 0.6 is 0 Å². The van der Waals surface area contributed by atoms with Crippen molar-refractivity contribution in [1.82, 2.24) is 9.21 Å². The van der Waals surface area contributed by atoms with E-state index in [2.05, 4.69) is 11.8 Å². The molecule has 0 saturated carbocycles. The Labute approximate surface area is 179 Å². The summed E-state index contributed by atoms with van der Waals surface area (Å²) in [5, 5.41) is 1.97. The summed E-state index contributed by atoms with van der Waals surface area (Å²) in [6.45, 7) is 5.74. The summed E-state index contributed by atoms with van der Waals surface area (Å²) in [7, 11) is -3.51. The Morgan fingerprint density at radius 3 is 2.50 bits per heavy atom. The lowest BCUT2D eigenvalue weighted by Gasteiger charge is -2.37. The van der Waals surface area contributed by atoms with Crippen molar-refractivity contribution in [3.05, 3.63) is 42.5 Å². The Balaban J connectivity index is 1.38. The van der Waals surface area contributed by atoms with Crippen LogP contribution in [0.3, 0.4) is 0 Å². The molecule has 2 aromatic carbocycles. The Morgan fingerprint density at radius 2 is 1.77 bits per heavy atom. The minimum absolute atomic E-state index is 0.224. The number of carbonyl (C=O) groups excluding carboxylic acids is 1. The molecule has 0 unspecified atom stereocenters. The molecule has 2 aliphatic heterocycles. The van der Waals surface area contributed by atoms with Crippen LogP contribution in [0.2, 0.25) is 0 Å². The van der Waals surface area contributed by atoms with Crippen molar-refractivity contribution in [1.29, 1.82) is 0 Å². The number of benzene rings is 2. The number of hydrogen-bond donors (Lipinski definition) is 1. The highest BCUT2D eigenvalue weighted by molar-refractivity contribution is 7.89. The molecular formula is C23H32N3O3S+. The van der Waals surface area contributed by atoms with Gasteiger partial charge in [-0.15, -0.1) is 0 Å². The first kappa shape index (κ1) is 21.3. The Kier molecular flexibility index (Phi) is 6.41. The second-order valence-corrected chi connectivity index (χ2v) is 10.4. The zero-order valence-corrected chi connectivity index (χ0v) is 18.5. The van der Waals surface area contributed by atoms with Gasteiger partial charge in [0.15, 0.2) is 6.54 Å². The van der Waals surface area contributed by atoms with E-state index in [9.17, 15) is 13.2 Å². The predicted molar refractivity (Wildman–Crippen MR) is 118 cm³/mol. The fraction of sp³-hybridized carbons (Fsp3) is 0.522. The Morgan fingerprint density at radius 1 is 1.03 bits per heavy atom. The molecule has 30 heavy (non-hydrogen) atoms. The van der Waals surface area contributed by atoms with Gasteiger partial charge in [-0.25, -0.2) is 8.42 Å². The molecule has 0 aromatic heterocycles. The molecule has 2 aliphatic rings. The van der Waals surface area contributed by atoms with E-state index in [0.29, 0.717) is 43.7 Å². The standard InChI is InChI=1S/C23H31N3O3S/c1-2-21-9-5-6-12-26(21)23(27)18-24-13-15-25(16-14-24)30(28,29)22-11-10-19-7-3-4-8-20(19)17-22/h3-4,7-8,10-11,17,21H,2,5-6,9,12-16,18H2,1H3/p+1/t21-/m0/s1.